The van der Waals surface area contributed by atoms with Crippen molar-refractivity contribution < 1.29 is 13.2 Å². The number of carbonyl (C=O) groups excluding carboxylic acids is 1. The minimum absolute atomic E-state index is 0.000649. The number of rotatable bonds is 9. The highest BCUT2D eigenvalue weighted by Crippen LogP contribution is 2.29. The first-order valence-corrected chi connectivity index (χ1v) is 12.0. The third kappa shape index (κ3) is 6.87. The van der Waals surface area contributed by atoms with Crippen LogP contribution >= 0.6 is 0 Å². The number of amides is 1. The summed E-state index contributed by atoms with van der Waals surface area (Å²) < 4.78 is 26.6. The van der Waals surface area contributed by atoms with Crippen LogP contribution in [0.2, 0.25) is 0 Å². The normalized spacial score (nSPS) is 18.9. The van der Waals surface area contributed by atoms with Gasteiger partial charge in [-0.05, 0) is 76.6 Å². The number of carbonyl (C=O) groups is 1. The highest BCUT2D eigenvalue weighted by atomic mass is 32.2. The molecule has 0 aromatic heterocycles. The van der Waals surface area contributed by atoms with Gasteiger partial charge in [-0.2, -0.15) is 0 Å². The number of benzene rings is 1. The predicted octanol–water partition coefficient (Wildman–Crippen LogP) is 2.07. The fourth-order valence-corrected chi connectivity index (χ4v) is 5.35. The largest absolute Gasteiger partial charge is 0.352 e. The molecule has 1 amide bonds. The lowest BCUT2D eigenvalue weighted by molar-refractivity contribution is 0.0936. The second kappa shape index (κ2) is 9.37. The molecule has 1 aromatic carbocycles. The van der Waals surface area contributed by atoms with E-state index in [1.807, 2.05) is 26.0 Å². The van der Waals surface area contributed by atoms with Crippen LogP contribution in [-0.4, -0.2) is 57.7 Å². The smallest absolute Gasteiger partial charge is 0.251 e. The summed E-state index contributed by atoms with van der Waals surface area (Å²) in [6.45, 7) is 7.86. The summed E-state index contributed by atoms with van der Waals surface area (Å²) in [4.78, 5) is 14.7. The number of sulfonamides is 1. The molecule has 1 saturated carbocycles. The summed E-state index contributed by atoms with van der Waals surface area (Å²) in [5.41, 5.74) is 2.94. The maximum absolute atomic E-state index is 12.4. The van der Waals surface area contributed by atoms with Crippen LogP contribution in [0, 0.1) is 25.7 Å². The quantitative estimate of drug-likeness (QED) is 0.657. The number of likely N-dealkylation sites (tertiary alicyclic amines) is 1. The maximum atomic E-state index is 12.4. The average molecular weight is 408 g/mol. The fraction of sp³-hybridized carbons (Fsp3) is 0.667. The van der Waals surface area contributed by atoms with E-state index in [-0.39, 0.29) is 11.7 Å². The van der Waals surface area contributed by atoms with E-state index < -0.39 is 10.0 Å². The van der Waals surface area contributed by atoms with Crippen molar-refractivity contribution in [2.75, 3.05) is 38.5 Å². The molecule has 6 nitrogen and oxygen atoms in total. The molecule has 3 rings (SSSR count). The molecule has 2 N–H and O–H groups in total. The molecule has 1 heterocycles. The van der Waals surface area contributed by atoms with Crippen LogP contribution < -0.4 is 10.0 Å². The molecule has 0 bridgehead atoms. The summed E-state index contributed by atoms with van der Waals surface area (Å²) in [7, 11) is -3.10. The van der Waals surface area contributed by atoms with Crippen LogP contribution in [0.1, 0.15) is 47.2 Å². The number of piperidine rings is 1. The molecule has 1 aliphatic heterocycles. The zero-order valence-corrected chi connectivity index (χ0v) is 17.9. The van der Waals surface area contributed by atoms with E-state index in [1.54, 1.807) is 0 Å². The Balaban J connectivity index is 1.33. The monoisotopic (exact) mass is 407 g/mol. The van der Waals surface area contributed by atoms with Gasteiger partial charge in [0.05, 0.1) is 5.75 Å². The van der Waals surface area contributed by atoms with Crippen molar-refractivity contribution >= 4 is 15.9 Å². The molecule has 0 atom stereocenters. The Morgan fingerprint density at radius 3 is 2.29 bits per heavy atom. The molecule has 156 valence electrons. The Bertz CT molecular complexity index is 762. The Hall–Kier alpha value is -1.44. The third-order valence-electron chi connectivity index (χ3n) is 5.64. The van der Waals surface area contributed by atoms with Crippen molar-refractivity contribution in [3.05, 3.63) is 34.9 Å². The number of aryl methyl sites for hydroxylation is 2. The Morgan fingerprint density at radius 2 is 1.68 bits per heavy atom. The van der Waals surface area contributed by atoms with Crippen molar-refractivity contribution in [2.45, 2.75) is 39.5 Å². The van der Waals surface area contributed by atoms with Gasteiger partial charge >= 0.3 is 0 Å². The van der Waals surface area contributed by atoms with Gasteiger partial charge in [0.2, 0.25) is 10.0 Å². The summed E-state index contributed by atoms with van der Waals surface area (Å²) in [5.74, 6) is 1.15. The molecular weight excluding hydrogens is 374 g/mol. The van der Waals surface area contributed by atoms with Gasteiger partial charge in [0.1, 0.15) is 0 Å². The lowest BCUT2D eigenvalue weighted by Crippen LogP contribution is -2.42. The van der Waals surface area contributed by atoms with E-state index in [0.717, 1.165) is 62.0 Å². The van der Waals surface area contributed by atoms with Crippen molar-refractivity contribution in [1.82, 2.24) is 14.9 Å². The molecule has 2 aliphatic rings. The number of hydrogen-bond acceptors (Lipinski definition) is 4. The Kier molecular flexibility index (Phi) is 7.12. The molecule has 28 heavy (non-hydrogen) atoms. The van der Waals surface area contributed by atoms with Crippen molar-refractivity contribution in [3.8, 4) is 0 Å². The Morgan fingerprint density at radius 1 is 1.04 bits per heavy atom. The molecule has 0 radical (unpaired) electrons. The van der Waals surface area contributed by atoms with Crippen LogP contribution in [0.5, 0.6) is 0 Å². The first-order chi connectivity index (χ1) is 13.3. The molecule has 7 heteroatoms. The average Bonchev–Trinajstić information content (AvgIpc) is 3.43. The molecular formula is C21H33N3O3S. The third-order valence-corrected chi connectivity index (χ3v) is 7.20. The number of nitrogens with one attached hydrogen (secondary N) is 2. The first-order valence-electron chi connectivity index (χ1n) is 10.4. The SMILES string of the molecule is Cc1cc(C)cc(C(=O)NCC2CCN(CCNS(=O)(=O)CC3CC3)CC2)c1. The van der Waals surface area contributed by atoms with Crippen LogP contribution in [0.25, 0.3) is 0 Å². The van der Waals surface area contributed by atoms with Crippen molar-refractivity contribution in [3.63, 3.8) is 0 Å². The molecule has 1 saturated heterocycles. The molecule has 1 aromatic rings. The van der Waals surface area contributed by atoms with Crippen LogP contribution in [0.4, 0.5) is 0 Å². The van der Waals surface area contributed by atoms with Gasteiger partial charge in [-0.3, -0.25) is 4.79 Å². The summed E-state index contributed by atoms with van der Waals surface area (Å²) >= 11 is 0. The molecule has 0 unspecified atom stereocenters. The van der Waals surface area contributed by atoms with Crippen molar-refractivity contribution in [2.24, 2.45) is 11.8 Å². The zero-order valence-electron chi connectivity index (χ0n) is 17.0. The van der Waals surface area contributed by atoms with Gasteiger partial charge < -0.3 is 10.2 Å². The fourth-order valence-electron chi connectivity index (χ4n) is 3.87. The van der Waals surface area contributed by atoms with E-state index in [1.165, 1.54) is 0 Å². The molecule has 0 spiro atoms. The van der Waals surface area contributed by atoms with E-state index in [2.05, 4.69) is 21.0 Å². The van der Waals surface area contributed by atoms with Gasteiger partial charge in [-0.15, -0.1) is 0 Å². The van der Waals surface area contributed by atoms with Gasteiger partial charge in [0.25, 0.3) is 5.91 Å². The minimum Gasteiger partial charge on any atom is -0.352 e. The topological polar surface area (TPSA) is 78.5 Å². The molecule has 2 fully saturated rings. The van der Waals surface area contributed by atoms with Gasteiger partial charge in [-0.25, -0.2) is 13.1 Å². The van der Waals surface area contributed by atoms with Gasteiger partial charge in [0, 0.05) is 25.2 Å². The van der Waals surface area contributed by atoms with Gasteiger partial charge in [-0.1, -0.05) is 17.2 Å². The summed E-state index contributed by atoms with van der Waals surface area (Å²) in [6.07, 6.45) is 4.16. The lowest BCUT2D eigenvalue weighted by atomic mass is 9.96. The Labute approximate surface area is 169 Å². The van der Waals surface area contributed by atoms with E-state index in [0.29, 0.717) is 24.9 Å². The summed E-state index contributed by atoms with van der Waals surface area (Å²) in [5, 5.41) is 3.08. The first kappa shape index (κ1) is 21.3. The van der Waals surface area contributed by atoms with Crippen molar-refractivity contribution in [1.29, 1.82) is 0 Å². The second-order valence-electron chi connectivity index (χ2n) is 8.49. The van der Waals surface area contributed by atoms with Crippen LogP contribution in [0.3, 0.4) is 0 Å². The number of hydrogen-bond donors (Lipinski definition) is 2. The van der Waals surface area contributed by atoms with E-state index >= 15 is 0 Å². The van der Waals surface area contributed by atoms with E-state index in [9.17, 15) is 13.2 Å². The second-order valence-corrected chi connectivity index (χ2v) is 10.3. The van der Waals surface area contributed by atoms with Crippen LogP contribution in [0.15, 0.2) is 18.2 Å². The highest BCUT2D eigenvalue weighted by molar-refractivity contribution is 7.89. The van der Waals surface area contributed by atoms with Gasteiger partial charge in [0.15, 0.2) is 0 Å². The number of nitrogens with zero attached hydrogens (tertiary/aromatic N) is 1. The lowest BCUT2D eigenvalue weighted by Gasteiger charge is -2.32. The van der Waals surface area contributed by atoms with E-state index in [4.69, 9.17) is 0 Å². The minimum atomic E-state index is -3.10. The predicted molar refractivity (Wildman–Crippen MR) is 112 cm³/mol. The summed E-state index contributed by atoms with van der Waals surface area (Å²) in [6, 6.07) is 5.92. The highest BCUT2D eigenvalue weighted by Gasteiger charge is 2.28. The maximum Gasteiger partial charge on any atom is 0.251 e. The zero-order chi connectivity index (χ0) is 20.1. The standard InChI is InChI=1S/C21H33N3O3S/c1-16-11-17(2)13-20(12-16)21(25)22-14-18-5-8-24(9-6-18)10-7-23-28(26,27)15-19-3-4-19/h11-13,18-19,23H,3-10,14-15H2,1-2H3,(H,22,25). The van der Waals surface area contributed by atoms with Crippen LogP contribution in [-0.2, 0) is 10.0 Å². The molecule has 1 aliphatic carbocycles.